The predicted octanol–water partition coefficient (Wildman–Crippen LogP) is 4.80. The lowest BCUT2D eigenvalue weighted by Crippen LogP contribution is -2.29. The van der Waals surface area contributed by atoms with Gasteiger partial charge in [0.25, 0.3) is 0 Å². The Balaban J connectivity index is 2.11. The summed E-state index contributed by atoms with van der Waals surface area (Å²) >= 11 is 0. The first kappa shape index (κ1) is 17.2. The Morgan fingerprint density at radius 1 is 1.00 bits per heavy atom. The molecule has 5 heteroatoms. The van der Waals surface area contributed by atoms with Gasteiger partial charge in [0.2, 0.25) is 8.32 Å². The molecule has 0 saturated carbocycles. The molecule has 0 aliphatic carbocycles. The Kier molecular flexibility index (Phi) is 4.85. The fourth-order valence-corrected chi connectivity index (χ4v) is 3.32. The Morgan fingerprint density at radius 2 is 1.68 bits per heavy atom. The monoisotopic (exact) mass is 349 g/mol. The van der Waals surface area contributed by atoms with Crippen LogP contribution in [0.3, 0.4) is 0 Å². The molecular formula is C20H23N3OSi. The first-order valence-corrected chi connectivity index (χ1v) is 11.7. The van der Waals surface area contributed by atoms with Gasteiger partial charge >= 0.3 is 0 Å². The van der Waals surface area contributed by atoms with E-state index in [9.17, 15) is 0 Å². The van der Waals surface area contributed by atoms with Gasteiger partial charge in [0.1, 0.15) is 17.1 Å². The van der Waals surface area contributed by atoms with E-state index in [4.69, 9.17) is 9.42 Å². The maximum absolute atomic E-state index is 6.22. The molecular weight excluding hydrogens is 326 g/mol. The molecule has 0 aliphatic rings. The minimum atomic E-state index is -1.72. The van der Waals surface area contributed by atoms with E-state index in [0.717, 1.165) is 28.4 Å². The van der Waals surface area contributed by atoms with Crippen LogP contribution in [0.2, 0.25) is 19.6 Å². The Morgan fingerprint density at radius 3 is 2.32 bits per heavy atom. The third kappa shape index (κ3) is 4.45. The minimum absolute atomic E-state index is 0.825. The molecule has 0 N–H and O–H groups in total. The second-order valence-corrected chi connectivity index (χ2v) is 11.4. The average Bonchev–Trinajstić information content (AvgIpc) is 2.99. The van der Waals surface area contributed by atoms with Gasteiger partial charge in [-0.1, -0.05) is 42.5 Å². The van der Waals surface area contributed by atoms with Crippen LogP contribution < -0.4 is 4.43 Å². The van der Waals surface area contributed by atoms with Gasteiger partial charge in [-0.2, -0.15) is 0 Å². The normalized spacial score (nSPS) is 12.2. The third-order valence-corrected chi connectivity index (χ3v) is 4.34. The van der Waals surface area contributed by atoms with Crippen LogP contribution in [-0.2, 0) is 7.05 Å². The Bertz CT molecular complexity index is 879. The van der Waals surface area contributed by atoms with Crippen molar-refractivity contribution in [2.45, 2.75) is 19.6 Å². The van der Waals surface area contributed by atoms with Gasteiger partial charge in [-0.25, -0.2) is 9.98 Å². The van der Waals surface area contributed by atoms with Crippen molar-refractivity contribution in [3.05, 3.63) is 78.4 Å². The highest BCUT2D eigenvalue weighted by Crippen LogP contribution is 2.30. The molecule has 0 spiro atoms. The summed E-state index contributed by atoms with van der Waals surface area (Å²) in [5, 5.41) is 0. The van der Waals surface area contributed by atoms with Crippen LogP contribution in [-0.4, -0.2) is 23.6 Å². The maximum Gasteiger partial charge on any atom is 0.242 e. The smallest absolute Gasteiger partial charge is 0.242 e. The lowest BCUT2D eigenvalue weighted by molar-refractivity contribution is 0.559. The predicted molar refractivity (Wildman–Crippen MR) is 105 cm³/mol. The maximum atomic E-state index is 6.22. The quantitative estimate of drug-likeness (QED) is 0.490. The molecule has 3 rings (SSSR count). The molecule has 0 radical (unpaired) electrons. The highest BCUT2D eigenvalue weighted by molar-refractivity contribution is 6.70. The molecule has 0 saturated heterocycles. The highest BCUT2D eigenvalue weighted by Gasteiger charge is 2.19. The van der Waals surface area contributed by atoms with Crippen molar-refractivity contribution in [2.75, 3.05) is 0 Å². The summed E-state index contributed by atoms with van der Waals surface area (Å²) in [7, 11) is 0.236. The van der Waals surface area contributed by atoms with Crippen molar-refractivity contribution in [1.82, 2.24) is 9.55 Å². The zero-order valence-electron chi connectivity index (χ0n) is 15.1. The molecule has 1 aromatic heterocycles. The van der Waals surface area contributed by atoms with Crippen molar-refractivity contribution < 1.29 is 4.43 Å². The second-order valence-electron chi connectivity index (χ2n) is 6.93. The zero-order chi connectivity index (χ0) is 17.9. The molecule has 25 heavy (non-hydrogen) atoms. The molecule has 0 unspecified atom stereocenters. The summed E-state index contributed by atoms with van der Waals surface area (Å²) in [6, 6.07) is 18.1. The fourth-order valence-electron chi connectivity index (χ4n) is 2.49. The van der Waals surface area contributed by atoms with Crippen LogP contribution in [0.4, 0.5) is 5.69 Å². The Labute approximate surface area is 150 Å². The molecule has 2 aromatic carbocycles. The van der Waals surface area contributed by atoms with Crippen LogP contribution in [0, 0.1) is 0 Å². The number of benzene rings is 2. The number of aliphatic imine (C=N–C) groups is 1. The van der Waals surface area contributed by atoms with Crippen molar-refractivity contribution >= 4 is 19.7 Å². The number of nitrogens with zero attached hydrogens (tertiary/aromatic N) is 3. The van der Waals surface area contributed by atoms with E-state index >= 15 is 0 Å². The van der Waals surface area contributed by atoms with Crippen molar-refractivity contribution in [3.63, 3.8) is 0 Å². The molecule has 1 heterocycles. The third-order valence-electron chi connectivity index (χ3n) is 3.51. The van der Waals surface area contributed by atoms with Gasteiger partial charge in [-0.15, -0.1) is 0 Å². The molecule has 0 atom stereocenters. The molecule has 128 valence electrons. The number of aryl methyl sites for hydroxylation is 1. The first-order valence-electron chi connectivity index (χ1n) is 8.33. The van der Waals surface area contributed by atoms with Crippen molar-refractivity contribution in [3.8, 4) is 5.75 Å². The van der Waals surface area contributed by atoms with Gasteiger partial charge < -0.3 is 8.99 Å². The standard InChI is InChI=1S/C20H23N3OSi/c1-23-14-18(21-15-23)20(16-10-6-5-7-11-16)22-17-12-8-9-13-19(17)24-25(2,3)4/h5-15H,1-4H3. The van der Waals surface area contributed by atoms with Crippen LogP contribution in [0.25, 0.3) is 0 Å². The molecule has 3 aromatic rings. The average molecular weight is 350 g/mol. The fraction of sp³-hybridized carbons (Fsp3) is 0.200. The van der Waals surface area contributed by atoms with Crippen LogP contribution in [0.5, 0.6) is 5.75 Å². The van der Waals surface area contributed by atoms with E-state index in [1.165, 1.54) is 0 Å². The van der Waals surface area contributed by atoms with Gasteiger partial charge in [0, 0.05) is 18.8 Å². The molecule has 0 amide bonds. The summed E-state index contributed by atoms with van der Waals surface area (Å²) < 4.78 is 8.15. The number of imidazole rings is 1. The van der Waals surface area contributed by atoms with Gasteiger partial charge in [0.05, 0.1) is 12.0 Å². The number of rotatable bonds is 5. The SMILES string of the molecule is Cn1cnc(C(=Nc2ccccc2O[Si](C)(C)C)c2ccccc2)c1. The van der Waals surface area contributed by atoms with E-state index in [1.807, 2.05) is 60.3 Å². The highest BCUT2D eigenvalue weighted by atomic mass is 28.4. The lowest BCUT2D eigenvalue weighted by atomic mass is 10.1. The lowest BCUT2D eigenvalue weighted by Gasteiger charge is -2.20. The van der Waals surface area contributed by atoms with Crippen molar-refractivity contribution in [1.29, 1.82) is 0 Å². The van der Waals surface area contributed by atoms with E-state index in [1.54, 1.807) is 6.33 Å². The zero-order valence-corrected chi connectivity index (χ0v) is 16.1. The van der Waals surface area contributed by atoms with E-state index in [-0.39, 0.29) is 0 Å². The summed E-state index contributed by atoms with van der Waals surface area (Å²) in [5.74, 6) is 0.825. The minimum Gasteiger partial charge on any atom is -0.543 e. The largest absolute Gasteiger partial charge is 0.543 e. The van der Waals surface area contributed by atoms with E-state index in [0.29, 0.717) is 0 Å². The molecule has 0 bridgehead atoms. The van der Waals surface area contributed by atoms with Gasteiger partial charge in [-0.05, 0) is 31.8 Å². The van der Waals surface area contributed by atoms with E-state index < -0.39 is 8.32 Å². The number of para-hydroxylation sites is 2. The first-order chi connectivity index (χ1) is 11.9. The number of hydrogen-bond donors (Lipinski definition) is 0. The van der Waals surface area contributed by atoms with Crippen LogP contribution in [0.1, 0.15) is 11.3 Å². The summed E-state index contributed by atoms with van der Waals surface area (Å²) in [6.07, 6.45) is 3.77. The molecule has 0 fully saturated rings. The second kappa shape index (κ2) is 7.07. The van der Waals surface area contributed by atoms with E-state index in [2.05, 4.69) is 36.8 Å². The summed E-state index contributed by atoms with van der Waals surface area (Å²) in [5.41, 5.74) is 3.54. The van der Waals surface area contributed by atoms with Crippen LogP contribution >= 0.6 is 0 Å². The number of hydrogen-bond acceptors (Lipinski definition) is 3. The topological polar surface area (TPSA) is 39.4 Å². The summed E-state index contributed by atoms with van der Waals surface area (Å²) in [4.78, 5) is 9.43. The molecule has 4 nitrogen and oxygen atoms in total. The van der Waals surface area contributed by atoms with Crippen molar-refractivity contribution in [2.24, 2.45) is 12.0 Å². The number of aromatic nitrogens is 2. The van der Waals surface area contributed by atoms with Gasteiger partial charge in [0.15, 0.2) is 0 Å². The Hall–Kier alpha value is -2.66. The molecule has 0 aliphatic heterocycles. The van der Waals surface area contributed by atoms with Crippen LogP contribution in [0.15, 0.2) is 72.1 Å². The van der Waals surface area contributed by atoms with Gasteiger partial charge in [-0.3, -0.25) is 0 Å². The summed E-state index contributed by atoms with van der Waals surface area (Å²) in [6.45, 7) is 6.51.